The minimum absolute atomic E-state index is 0.279. The van der Waals surface area contributed by atoms with E-state index in [2.05, 4.69) is 4.98 Å². The van der Waals surface area contributed by atoms with Gasteiger partial charge >= 0.3 is 0 Å². The topological polar surface area (TPSA) is 53.5 Å². The minimum atomic E-state index is -0.279. The number of hydrogen-bond donors (Lipinski definition) is 0. The van der Waals surface area contributed by atoms with Gasteiger partial charge in [0.05, 0.1) is 22.4 Å². The molecule has 3 rings (SSSR count). The van der Waals surface area contributed by atoms with Crippen LogP contribution in [0.5, 0.6) is 0 Å². The number of aromatic nitrogens is 1. The maximum atomic E-state index is 11.4. The molecule has 0 N–H and O–H groups in total. The van der Waals surface area contributed by atoms with E-state index in [0.29, 0.717) is 22.4 Å². The van der Waals surface area contributed by atoms with Gasteiger partial charge in [-0.2, -0.15) is 0 Å². The molecule has 0 unspecified atom stereocenters. The molecule has 0 fully saturated rings. The van der Waals surface area contributed by atoms with E-state index in [9.17, 15) is 9.59 Å². The molecule has 24 heavy (non-hydrogen) atoms. The number of hydrogen-bond acceptors (Lipinski definition) is 3. The van der Waals surface area contributed by atoms with Crippen molar-refractivity contribution in [1.82, 2.24) is 4.98 Å². The third-order valence-corrected chi connectivity index (χ3v) is 4.45. The fraction of sp³-hybridized carbons (Fsp3) is 0.118. The highest BCUT2D eigenvalue weighted by Gasteiger charge is 2.12. The third-order valence-electron chi connectivity index (χ3n) is 3.59. The maximum absolute atomic E-state index is 11.4. The van der Waals surface area contributed by atoms with E-state index in [-0.39, 0.29) is 11.8 Å². The number of pyridine rings is 1. The van der Waals surface area contributed by atoms with Crippen molar-refractivity contribution in [2.75, 3.05) is 8.84 Å². The molecule has 5 nitrogen and oxygen atoms in total. The van der Waals surface area contributed by atoms with Crippen LogP contribution in [0.4, 0.5) is 11.4 Å². The third kappa shape index (κ3) is 3.00. The zero-order valence-corrected chi connectivity index (χ0v) is 14.5. The van der Waals surface area contributed by atoms with Crippen LogP contribution in [0.25, 0.3) is 21.8 Å². The van der Waals surface area contributed by atoms with Gasteiger partial charge < -0.3 is 0 Å². The lowest BCUT2D eigenvalue weighted by atomic mass is 10.1. The first-order chi connectivity index (χ1) is 11.4. The van der Waals surface area contributed by atoms with Crippen molar-refractivity contribution in [2.24, 2.45) is 0 Å². The van der Waals surface area contributed by atoms with Crippen LogP contribution >= 0.6 is 23.6 Å². The molecular weight excluding hydrogens is 349 g/mol. The maximum Gasteiger partial charge on any atom is 0.238 e. The SMILES string of the molecule is CC(=O)N(Cl)c1ccc2cc3ccc(N(Cl)C(C)=O)cc3nc2c1. The van der Waals surface area contributed by atoms with Gasteiger partial charge in [0.2, 0.25) is 11.8 Å². The lowest BCUT2D eigenvalue weighted by molar-refractivity contribution is -0.116. The van der Waals surface area contributed by atoms with Crippen LogP contribution in [0.3, 0.4) is 0 Å². The Morgan fingerprint density at radius 1 is 0.792 bits per heavy atom. The smallest absolute Gasteiger partial charge is 0.238 e. The molecule has 0 saturated heterocycles. The van der Waals surface area contributed by atoms with Crippen LogP contribution in [-0.4, -0.2) is 16.8 Å². The first-order valence-corrected chi connectivity index (χ1v) is 7.82. The highest BCUT2D eigenvalue weighted by molar-refractivity contribution is 6.37. The summed E-state index contributed by atoms with van der Waals surface area (Å²) >= 11 is 11.9. The molecule has 0 aliphatic rings. The summed E-state index contributed by atoms with van der Waals surface area (Å²) in [6.45, 7) is 2.77. The fourth-order valence-corrected chi connectivity index (χ4v) is 2.62. The molecule has 0 aliphatic carbocycles. The van der Waals surface area contributed by atoms with E-state index in [1.807, 2.05) is 18.2 Å². The Hall–Kier alpha value is -2.37. The highest BCUT2D eigenvalue weighted by atomic mass is 35.5. The normalized spacial score (nSPS) is 10.8. The zero-order valence-electron chi connectivity index (χ0n) is 13.0. The molecule has 0 spiro atoms. The zero-order chi connectivity index (χ0) is 17.4. The Morgan fingerprint density at radius 3 is 1.58 bits per heavy atom. The summed E-state index contributed by atoms with van der Waals surface area (Å²) in [5.41, 5.74) is 2.46. The average Bonchev–Trinajstić information content (AvgIpc) is 2.57. The molecule has 7 heteroatoms. The summed E-state index contributed by atoms with van der Waals surface area (Å²) in [6.07, 6.45) is 0. The van der Waals surface area contributed by atoms with Crippen LogP contribution in [0, 0.1) is 0 Å². The molecule has 2 aromatic carbocycles. The molecule has 2 amide bonds. The number of anilines is 2. The van der Waals surface area contributed by atoms with E-state index in [1.165, 1.54) is 13.8 Å². The molecule has 0 bridgehead atoms. The van der Waals surface area contributed by atoms with Crippen LogP contribution in [0.15, 0.2) is 42.5 Å². The predicted molar refractivity (Wildman–Crippen MR) is 97.3 cm³/mol. The Balaban J connectivity index is 2.15. The Labute approximate surface area is 148 Å². The summed E-state index contributed by atoms with van der Waals surface area (Å²) in [5.74, 6) is -0.559. The summed E-state index contributed by atoms with van der Waals surface area (Å²) < 4.78 is 2.08. The van der Waals surface area contributed by atoms with E-state index in [0.717, 1.165) is 19.6 Å². The van der Waals surface area contributed by atoms with Gasteiger partial charge in [-0.3, -0.25) is 9.59 Å². The van der Waals surface area contributed by atoms with Gasteiger partial charge in [0.15, 0.2) is 0 Å². The van der Waals surface area contributed by atoms with Gasteiger partial charge in [-0.25, -0.2) is 13.8 Å². The molecule has 0 saturated carbocycles. The van der Waals surface area contributed by atoms with Crippen molar-refractivity contribution in [3.63, 3.8) is 0 Å². The standard InChI is InChI=1S/C17H13Cl2N3O2/c1-10(23)21(18)14-5-3-12-7-13-4-6-15(22(19)11(2)24)9-17(13)20-16(12)8-14/h3-9H,1-2H3. The van der Waals surface area contributed by atoms with Crippen molar-refractivity contribution >= 4 is 68.5 Å². The molecule has 122 valence electrons. The number of carbonyl (C=O) groups is 2. The molecular formula is C17H13Cl2N3O2. The molecule has 3 aromatic rings. The summed E-state index contributed by atoms with van der Waals surface area (Å²) in [7, 11) is 0. The summed E-state index contributed by atoms with van der Waals surface area (Å²) in [4.78, 5) is 27.4. The lowest BCUT2D eigenvalue weighted by Crippen LogP contribution is -2.16. The van der Waals surface area contributed by atoms with Crippen molar-refractivity contribution in [3.8, 4) is 0 Å². The van der Waals surface area contributed by atoms with E-state index in [1.54, 1.807) is 24.3 Å². The van der Waals surface area contributed by atoms with Crippen molar-refractivity contribution in [2.45, 2.75) is 13.8 Å². The van der Waals surface area contributed by atoms with Crippen molar-refractivity contribution < 1.29 is 9.59 Å². The summed E-state index contributed by atoms with van der Waals surface area (Å²) in [6, 6.07) is 12.7. The lowest BCUT2D eigenvalue weighted by Gasteiger charge is -2.13. The predicted octanol–water partition coefficient (Wildman–Crippen LogP) is 4.40. The van der Waals surface area contributed by atoms with Crippen LogP contribution in [0.2, 0.25) is 0 Å². The number of carbonyl (C=O) groups excluding carboxylic acids is 2. The number of nitrogens with zero attached hydrogens (tertiary/aromatic N) is 3. The fourth-order valence-electron chi connectivity index (χ4n) is 2.41. The molecule has 0 atom stereocenters. The minimum Gasteiger partial charge on any atom is -0.274 e. The second kappa shape index (κ2) is 6.26. The largest absolute Gasteiger partial charge is 0.274 e. The Bertz CT molecular complexity index is 900. The van der Waals surface area contributed by atoms with Crippen LogP contribution < -0.4 is 8.84 Å². The van der Waals surface area contributed by atoms with E-state index in [4.69, 9.17) is 23.6 Å². The number of halogens is 2. The van der Waals surface area contributed by atoms with Gasteiger partial charge in [-0.05, 0) is 30.3 Å². The van der Waals surface area contributed by atoms with Crippen molar-refractivity contribution in [1.29, 1.82) is 0 Å². The van der Waals surface area contributed by atoms with Gasteiger partial charge in [0, 0.05) is 48.2 Å². The molecule has 1 heterocycles. The second-order valence-electron chi connectivity index (χ2n) is 5.34. The highest BCUT2D eigenvalue weighted by Crippen LogP contribution is 2.28. The first-order valence-electron chi connectivity index (χ1n) is 7.14. The monoisotopic (exact) mass is 361 g/mol. The first kappa shape index (κ1) is 16.5. The number of rotatable bonds is 2. The van der Waals surface area contributed by atoms with Crippen molar-refractivity contribution in [3.05, 3.63) is 42.5 Å². The summed E-state index contributed by atoms with van der Waals surface area (Å²) in [5, 5.41) is 1.84. The van der Waals surface area contributed by atoms with Gasteiger partial charge in [0.1, 0.15) is 0 Å². The van der Waals surface area contributed by atoms with Gasteiger partial charge in [-0.1, -0.05) is 12.1 Å². The van der Waals surface area contributed by atoms with Crippen LogP contribution in [0.1, 0.15) is 13.8 Å². The number of benzene rings is 2. The van der Waals surface area contributed by atoms with Gasteiger partial charge in [-0.15, -0.1) is 0 Å². The number of fused-ring (bicyclic) bond motifs is 2. The van der Waals surface area contributed by atoms with Crippen LogP contribution in [-0.2, 0) is 9.59 Å². The molecule has 0 radical (unpaired) electrons. The molecule has 1 aromatic heterocycles. The van der Waals surface area contributed by atoms with E-state index < -0.39 is 0 Å². The van der Waals surface area contributed by atoms with E-state index >= 15 is 0 Å². The quantitative estimate of drug-likeness (QED) is 0.502. The average molecular weight is 362 g/mol. The van der Waals surface area contributed by atoms with Gasteiger partial charge in [0.25, 0.3) is 0 Å². The Kier molecular flexibility index (Phi) is 4.30. The molecule has 0 aliphatic heterocycles. The second-order valence-corrected chi connectivity index (χ2v) is 6.02. The number of amides is 2. The Morgan fingerprint density at radius 2 is 1.21 bits per heavy atom.